The first-order chi connectivity index (χ1) is 14.6. The summed E-state index contributed by atoms with van der Waals surface area (Å²) >= 11 is 1.50. The highest BCUT2D eigenvalue weighted by atomic mass is 32.1. The van der Waals surface area contributed by atoms with E-state index in [1.807, 2.05) is 13.0 Å². The summed E-state index contributed by atoms with van der Waals surface area (Å²) in [6.07, 6.45) is 5.03. The number of fused-ring (bicyclic) bond motifs is 1. The summed E-state index contributed by atoms with van der Waals surface area (Å²) in [6, 6.07) is 7.02. The zero-order chi connectivity index (χ0) is 20.5. The number of nitrogens with zero attached hydrogens (tertiary/aromatic N) is 5. The van der Waals surface area contributed by atoms with Crippen molar-refractivity contribution >= 4 is 34.0 Å². The zero-order valence-electron chi connectivity index (χ0n) is 16.0. The Kier molecular flexibility index (Phi) is 4.77. The van der Waals surface area contributed by atoms with Gasteiger partial charge in [0.2, 0.25) is 5.88 Å². The minimum absolute atomic E-state index is 0.0940. The second kappa shape index (κ2) is 7.73. The summed E-state index contributed by atoms with van der Waals surface area (Å²) < 4.78 is 5.72. The van der Waals surface area contributed by atoms with Gasteiger partial charge in [0.25, 0.3) is 5.91 Å². The van der Waals surface area contributed by atoms with Crippen LogP contribution in [0.3, 0.4) is 0 Å². The van der Waals surface area contributed by atoms with Gasteiger partial charge in [-0.25, -0.2) is 9.97 Å². The van der Waals surface area contributed by atoms with Crippen molar-refractivity contribution in [3.63, 3.8) is 0 Å². The van der Waals surface area contributed by atoms with Crippen molar-refractivity contribution in [3.05, 3.63) is 53.4 Å². The first-order valence-corrected chi connectivity index (χ1v) is 10.2. The number of aromatic nitrogens is 5. The van der Waals surface area contributed by atoms with Crippen LogP contribution in [0.25, 0.3) is 21.5 Å². The molecule has 0 aliphatic carbocycles. The summed E-state index contributed by atoms with van der Waals surface area (Å²) in [4.78, 5) is 25.6. The normalized spacial score (nSPS) is 13.8. The monoisotopic (exact) mass is 419 g/mol. The van der Waals surface area contributed by atoms with Crippen LogP contribution in [0, 0.1) is 6.92 Å². The molecule has 0 atom stereocenters. The first kappa shape index (κ1) is 18.5. The summed E-state index contributed by atoms with van der Waals surface area (Å²) in [5, 5.41) is 16.7. The van der Waals surface area contributed by atoms with Gasteiger partial charge in [0, 0.05) is 48.1 Å². The van der Waals surface area contributed by atoms with E-state index >= 15 is 0 Å². The van der Waals surface area contributed by atoms with Crippen molar-refractivity contribution in [2.45, 2.75) is 13.0 Å². The number of amides is 1. The number of anilines is 1. The molecule has 4 aromatic rings. The van der Waals surface area contributed by atoms with Gasteiger partial charge in [-0.1, -0.05) is 11.3 Å². The van der Waals surface area contributed by atoms with Crippen LogP contribution in [0.15, 0.2) is 42.9 Å². The van der Waals surface area contributed by atoms with Gasteiger partial charge >= 0.3 is 0 Å². The van der Waals surface area contributed by atoms with E-state index in [1.54, 1.807) is 36.8 Å². The largest absolute Gasteiger partial charge is 0.472 e. The molecule has 0 spiro atoms. The SMILES string of the molecule is Cc1nnc(-c2cnc3cnc(NC(=O)c4ccnc(OC5CNC5)c4)cc3c2)s1. The molecule has 0 unspecified atom stereocenters. The number of aryl methyl sites for hydroxylation is 1. The zero-order valence-corrected chi connectivity index (χ0v) is 16.8. The van der Waals surface area contributed by atoms with Crippen molar-refractivity contribution in [3.8, 4) is 16.5 Å². The number of carbonyl (C=O) groups excluding carboxylic acids is 1. The van der Waals surface area contributed by atoms with E-state index in [9.17, 15) is 4.79 Å². The molecule has 150 valence electrons. The van der Waals surface area contributed by atoms with Crippen LogP contribution in [0.1, 0.15) is 15.4 Å². The number of hydrogen-bond donors (Lipinski definition) is 2. The third-order valence-corrected chi connectivity index (χ3v) is 5.50. The van der Waals surface area contributed by atoms with Gasteiger partial charge in [0.1, 0.15) is 21.9 Å². The van der Waals surface area contributed by atoms with Gasteiger partial charge in [-0.2, -0.15) is 0 Å². The number of hydrogen-bond acceptors (Lipinski definition) is 9. The van der Waals surface area contributed by atoms with Gasteiger partial charge in [0.05, 0.1) is 11.7 Å². The second-order valence-corrected chi connectivity index (χ2v) is 8.03. The van der Waals surface area contributed by atoms with Gasteiger partial charge in [-0.15, -0.1) is 10.2 Å². The van der Waals surface area contributed by atoms with Gasteiger partial charge < -0.3 is 15.4 Å². The Labute approximate surface area is 175 Å². The number of nitrogens with one attached hydrogen (secondary N) is 2. The molecule has 1 aliphatic rings. The summed E-state index contributed by atoms with van der Waals surface area (Å²) in [5.41, 5.74) is 2.05. The van der Waals surface area contributed by atoms with E-state index in [4.69, 9.17) is 4.74 Å². The van der Waals surface area contributed by atoms with E-state index in [2.05, 4.69) is 35.8 Å². The van der Waals surface area contributed by atoms with Gasteiger partial charge in [-0.3, -0.25) is 9.78 Å². The molecule has 0 saturated carbocycles. The summed E-state index contributed by atoms with van der Waals surface area (Å²) in [7, 11) is 0. The highest BCUT2D eigenvalue weighted by Gasteiger charge is 2.19. The molecule has 9 nitrogen and oxygen atoms in total. The molecular weight excluding hydrogens is 402 g/mol. The lowest BCUT2D eigenvalue weighted by Gasteiger charge is -2.27. The number of rotatable bonds is 5. The Morgan fingerprint density at radius 1 is 1.17 bits per heavy atom. The predicted octanol–water partition coefficient (Wildman–Crippen LogP) is 2.45. The summed E-state index contributed by atoms with van der Waals surface area (Å²) in [5.74, 6) is 0.578. The molecule has 30 heavy (non-hydrogen) atoms. The fourth-order valence-electron chi connectivity index (χ4n) is 2.95. The highest BCUT2D eigenvalue weighted by molar-refractivity contribution is 7.14. The second-order valence-electron chi connectivity index (χ2n) is 6.85. The Bertz CT molecular complexity index is 1240. The maximum absolute atomic E-state index is 12.7. The van der Waals surface area contributed by atoms with Crippen LogP contribution in [-0.4, -0.2) is 50.2 Å². The number of carbonyl (C=O) groups is 1. The molecule has 1 aliphatic heterocycles. The Balaban J connectivity index is 1.36. The van der Waals surface area contributed by atoms with Gasteiger partial charge in [0.15, 0.2) is 0 Å². The van der Waals surface area contributed by atoms with E-state index in [1.165, 1.54) is 11.3 Å². The van der Waals surface area contributed by atoms with Crippen molar-refractivity contribution in [2.24, 2.45) is 0 Å². The maximum Gasteiger partial charge on any atom is 0.257 e. The van der Waals surface area contributed by atoms with Crippen molar-refractivity contribution < 1.29 is 9.53 Å². The number of ether oxygens (including phenoxy) is 1. The third-order valence-electron chi connectivity index (χ3n) is 4.61. The van der Waals surface area contributed by atoms with Crippen LogP contribution in [0.4, 0.5) is 5.82 Å². The molecule has 0 bridgehead atoms. The molecule has 2 N–H and O–H groups in total. The molecule has 0 aromatic carbocycles. The molecule has 5 heterocycles. The lowest BCUT2D eigenvalue weighted by Crippen LogP contribution is -2.50. The quantitative estimate of drug-likeness (QED) is 0.507. The lowest BCUT2D eigenvalue weighted by molar-refractivity contribution is 0.102. The molecule has 5 rings (SSSR count). The molecule has 0 radical (unpaired) electrons. The molecule has 1 amide bonds. The van der Waals surface area contributed by atoms with E-state index in [0.29, 0.717) is 17.3 Å². The van der Waals surface area contributed by atoms with Crippen LogP contribution < -0.4 is 15.4 Å². The summed E-state index contributed by atoms with van der Waals surface area (Å²) in [6.45, 7) is 3.48. The van der Waals surface area contributed by atoms with E-state index in [-0.39, 0.29) is 12.0 Å². The molecule has 10 heteroatoms. The fraction of sp³-hybridized carbons (Fsp3) is 0.200. The van der Waals surface area contributed by atoms with Crippen molar-refractivity contribution in [2.75, 3.05) is 18.4 Å². The minimum atomic E-state index is -0.287. The molecular formula is C20H17N7O2S. The van der Waals surface area contributed by atoms with Crippen LogP contribution in [0.2, 0.25) is 0 Å². The van der Waals surface area contributed by atoms with E-state index < -0.39 is 0 Å². The molecule has 1 fully saturated rings. The Hall–Kier alpha value is -3.50. The number of pyridine rings is 3. The highest BCUT2D eigenvalue weighted by Crippen LogP contribution is 2.26. The van der Waals surface area contributed by atoms with Gasteiger partial charge in [-0.05, 0) is 25.1 Å². The average molecular weight is 419 g/mol. The maximum atomic E-state index is 12.7. The van der Waals surface area contributed by atoms with Crippen LogP contribution in [-0.2, 0) is 0 Å². The fourth-order valence-corrected chi connectivity index (χ4v) is 3.62. The van der Waals surface area contributed by atoms with Crippen molar-refractivity contribution in [1.29, 1.82) is 0 Å². The molecule has 1 saturated heterocycles. The first-order valence-electron chi connectivity index (χ1n) is 9.35. The third kappa shape index (κ3) is 3.82. The topological polar surface area (TPSA) is 115 Å². The minimum Gasteiger partial charge on any atom is -0.472 e. The average Bonchev–Trinajstić information content (AvgIpc) is 3.17. The van der Waals surface area contributed by atoms with Crippen molar-refractivity contribution in [1.82, 2.24) is 30.5 Å². The smallest absolute Gasteiger partial charge is 0.257 e. The Morgan fingerprint density at radius 2 is 2.07 bits per heavy atom. The lowest BCUT2D eigenvalue weighted by atomic mass is 10.2. The van der Waals surface area contributed by atoms with E-state index in [0.717, 1.165) is 39.6 Å². The predicted molar refractivity (Wildman–Crippen MR) is 113 cm³/mol. The Morgan fingerprint density at radius 3 is 2.83 bits per heavy atom. The standard InChI is InChI=1S/C20H17N7O2S/c1-11-26-27-20(30-11)14-4-13-5-17(24-10-16(13)23-7-14)25-19(28)12-2-3-22-18(6-12)29-15-8-21-9-15/h2-7,10,15,21H,8-9H2,1H3,(H,24,25,28). The molecule has 4 aromatic heterocycles. The van der Waals surface area contributed by atoms with Crippen LogP contribution in [0.5, 0.6) is 5.88 Å². The van der Waals surface area contributed by atoms with Crippen LogP contribution >= 0.6 is 11.3 Å².